The Morgan fingerprint density at radius 2 is 1.90 bits per heavy atom. The average molecular weight is 270 g/mol. The maximum Gasteiger partial charge on any atom is 0.231 e. The topological polar surface area (TPSA) is 27.7 Å². The summed E-state index contributed by atoms with van der Waals surface area (Å²) in [5, 5.41) is 0. The normalized spacial score (nSPS) is 12.4. The highest BCUT2D eigenvalue weighted by Crippen LogP contribution is 2.38. The second kappa shape index (κ2) is 5.87. The SMILES string of the molecule is CCCCOc1ccccc1-c1ccc2c(c1)OCO2. The van der Waals surface area contributed by atoms with Crippen LogP contribution in [0.15, 0.2) is 42.5 Å². The Kier molecular flexibility index (Phi) is 3.77. The fourth-order valence-corrected chi connectivity index (χ4v) is 2.22. The Balaban J connectivity index is 1.89. The zero-order valence-electron chi connectivity index (χ0n) is 11.6. The summed E-state index contributed by atoms with van der Waals surface area (Å²) in [6, 6.07) is 14.1. The van der Waals surface area contributed by atoms with Gasteiger partial charge in [0.25, 0.3) is 0 Å². The third-order valence-corrected chi connectivity index (χ3v) is 3.33. The van der Waals surface area contributed by atoms with Crippen LogP contribution < -0.4 is 14.2 Å². The lowest BCUT2D eigenvalue weighted by Crippen LogP contribution is -1.98. The summed E-state index contributed by atoms with van der Waals surface area (Å²) in [7, 11) is 0. The fraction of sp³-hybridized carbons (Fsp3) is 0.294. The molecule has 2 aromatic rings. The van der Waals surface area contributed by atoms with Crippen molar-refractivity contribution in [1.82, 2.24) is 0 Å². The summed E-state index contributed by atoms with van der Waals surface area (Å²) in [6.07, 6.45) is 2.20. The molecule has 0 atom stereocenters. The maximum absolute atomic E-state index is 5.88. The number of fused-ring (bicyclic) bond motifs is 1. The van der Waals surface area contributed by atoms with E-state index in [4.69, 9.17) is 14.2 Å². The van der Waals surface area contributed by atoms with Crippen LogP contribution in [-0.2, 0) is 0 Å². The summed E-state index contributed by atoms with van der Waals surface area (Å²) in [6.45, 7) is 3.21. The minimum Gasteiger partial charge on any atom is -0.493 e. The van der Waals surface area contributed by atoms with Gasteiger partial charge in [-0.1, -0.05) is 37.6 Å². The lowest BCUT2D eigenvalue weighted by Gasteiger charge is -2.11. The van der Waals surface area contributed by atoms with Gasteiger partial charge in [-0.2, -0.15) is 0 Å². The van der Waals surface area contributed by atoms with Crippen molar-refractivity contribution >= 4 is 0 Å². The van der Waals surface area contributed by atoms with E-state index in [0.29, 0.717) is 6.79 Å². The van der Waals surface area contributed by atoms with Crippen LogP contribution in [0.1, 0.15) is 19.8 Å². The highest BCUT2D eigenvalue weighted by Gasteiger charge is 2.15. The van der Waals surface area contributed by atoms with Gasteiger partial charge in [0.1, 0.15) is 5.75 Å². The van der Waals surface area contributed by atoms with Crippen LogP contribution in [0.4, 0.5) is 0 Å². The quantitative estimate of drug-likeness (QED) is 0.760. The van der Waals surface area contributed by atoms with Gasteiger partial charge in [0.05, 0.1) is 6.61 Å². The summed E-state index contributed by atoms with van der Waals surface area (Å²) >= 11 is 0. The highest BCUT2D eigenvalue weighted by atomic mass is 16.7. The van der Waals surface area contributed by atoms with Crippen LogP contribution in [0.5, 0.6) is 17.2 Å². The largest absolute Gasteiger partial charge is 0.493 e. The predicted octanol–water partition coefficient (Wildman–Crippen LogP) is 4.26. The molecule has 0 N–H and O–H groups in total. The van der Waals surface area contributed by atoms with Gasteiger partial charge in [-0.15, -0.1) is 0 Å². The lowest BCUT2D eigenvalue weighted by molar-refractivity contribution is 0.174. The van der Waals surface area contributed by atoms with Crippen molar-refractivity contribution in [3.8, 4) is 28.4 Å². The molecule has 20 heavy (non-hydrogen) atoms. The molecule has 0 spiro atoms. The third kappa shape index (κ3) is 2.57. The molecule has 3 heteroatoms. The predicted molar refractivity (Wildman–Crippen MR) is 78.4 cm³/mol. The number of para-hydroxylation sites is 1. The van der Waals surface area contributed by atoms with Crippen LogP contribution in [-0.4, -0.2) is 13.4 Å². The molecule has 0 amide bonds. The van der Waals surface area contributed by atoms with E-state index in [1.165, 1.54) is 0 Å². The van der Waals surface area contributed by atoms with Gasteiger partial charge >= 0.3 is 0 Å². The van der Waals surface area contributed by atoms with Gasteiger partial charge in [0.2, 0.25) is 6.79 Å². The first-order valence-corrected chi connectivity index (χ1v) is 7.00. The van der Waals surface area contributed by atoms with Crippen molar-refractivity contribution in [1.29, 1.82) is 0 Å². The Morgan fingerprint density at radius 1 is 1.05 bits per heavy atom. The van der Waals surface area contributed by atoms with E-state index in [9.17, 15) is 0 Å². The molecule has 0 fully saturated rings. The Hall–Kier alpha value is -2.16. The second-order valence-electron chi connectivity index (χ2n) is 4.77. The van der Waals surface area contributed by atoms with Gasteiger partial charge in [0.15, 0.2) is 11.5 Å². The van der Waals surface area contributed by atoms with E-state index in [0.717, 1.165) is 47.8 Å². The number of ether oxygens (including phenoxy) is 3. The molecule has 0 saturated heterocycles. The smallest absolute Gasteiger partial charge is 0.231 e. The van der Waals surface area contributed by atoms with Crippen molar-refractivity contribution in [3.63, 3.8) is 0 Å². The Labute approximate surface area is 119 Å². The number of hydrogen-bond acceptors (Lipinski definition) is 3. The fourth-order valence-electron chi connectivity index (χ4n) is 2.22. The molecular formula is C17H18O3. The Morgan fingerprint density at radius 3 is 2.80 bits per heavy atom. The molecule has 2 aromatic carbocycles. The highest BCUT2D eigenvalue weighted by molar-refractivity contribution is 5.73. The van der Waals surface area contributed by atoms with E-state index in [2.05, 4.69) is 13.0 Å². The molecular weight excluding hydrogens is 252 g/mol. The van der Waals surface area contributed by atoms with Gasteiger partial charge in [-0.25, -0.2) is 0 Å². The van der Waals surface area contributed by atoms with Crippen molar-refractivity contribution in [2.45, 2.75) is 19.8 Å². The van der Waals surface area contributed by atoms with E-state index >= 15 is 0 Å². The number of hydrogen-bond donors (Lipinski definition) is 0. The first kappa shape index (κ1) is 12.9. The summed E-state index contributed by atoms with van der Waals surface area (Å²) in [5.74, 6) is 2.52. The third-order valence-electron chi connectivity index (χ3n) is 3.33. The molecule has 0 radical (unpaired) electrons. The van der Waals surface area contributed by atoms with E-state index in [1.54, 1.807) is 0 Å². The van der Waals surface area contributed by atoms with E-state index in [1.807, 2.05) is 36.4 Å². The minimum absolute atomic E-state index is 0.299. The maximum atomic E-state index is 5.88. The summed E-state index contributed by atoms with van der Waals surface area (Å²) < 4.78 is 16.7. The van der Waals surface area contributed by atoms with Gasteiger partial charge in [-0.3, -0.25) is 0 Å². The Bertz CT molecular complexity index is 593. The van der Waals surface area contributed by atoms with Gasteiger partial charge in [0, 0.05) is 5.56 Å². The van der Waals surface area contributed by atoms with Crippen LogP contribution in [0.2, 0.25) is 0 Å². The van der Waals surface area contributed by atoms with Crippen molar-refractivity contribution < 1.29 is 14.2 Å². The van der Waals surface area contributed by atoms with Gasteiger partial charge < -0.3 is 14.2 Å². The molecule has 0 aromatic heterocycles. The number of benzene rings is 2. The van der Waals surface area contributed by atoms with Crippen molar-refractivity contribution in [2.75, 3.05) is 13.4 Å². The van der Waals surface area contributed by atoms with E-state index in [-0.39, 0.29) is 0 Å². The molecule has 0 saturated carbocycles. The molecule has 0 unspecified atom stereocenters. The van der Waals surface area contributed by atoms with Gasteiger partial charge in [-0.05, 0) is 30.2 Å². The monoisotopic (exact) mass is 270 g/mol. The minimum atomic E-state index is 0.299. The molecule has 0 bridgehead atoms. The standard InChI is InChI=1S/C17H18O3/c1-2-3-10-18-15-7-5-4-6-14(15)13-8-9-16-17(11-13)20-12-19-16/h4-9,11H,2-3,10,12H2,1H3. The summed E-state index contributed by atoms with van der Waals surface area (Å²) in [4.78, 5) is 0. The summed E-state index contributed by atoms with van der Waals surface area (Å²) in [5.41, 5.74) is 2.17. The van der Waals surface area contributed by atoms with Crippen molar-refractivity contribution in [2.24, 2.45) is 0 Å². The zero-order valence-corrected chi connectivity index (χ0v) is 11.6. The van der Waals surface area contributed by atoms with Crippen molar-refractivity contribution in [3.05, 3.63) is 42.5 Å². The molecule has 1 heterocycles. The molecule has 3 nitrogen and oxygen atoms in total. The molecule has 0 aliphatic carbocycles. The first-order valence-electron chi connectivity index (χ1n) is 7.00. The first-order chi connectivity index (χ1) is 9.88. The number of rotatable bonds is 5. The van der Waals surface area contributed by atoms with Crippen LogP contribution >= 0.6 is 0 Å². The van der Waals surface area contributed by atoms with Crippen LogP contribution in [0.25, 0.3) is 11.1 Å². The number of unbranched alkanes of at least 4 members (excludes halogenated alkanes) is 1. The second-order valence-corrected chi connectivity index (χ2v) is 4.77. The average Bonchev–Trinajstić information content (AvgIpc) is 2.95. The molecule has 1 aliphatic rings. The molecule has 1 aliphatic heterocycles. The lowest BCUT2D eigenvalue weighted by atomic mass is 10.0. The van der Waals surface area contributed by atoms with Crippen LogP contribution in [0.3, 0.4) is 0 Å². The van der Waals surface area contributed by atoms with E-state index < -0.39 is 0 Å². The van der Waals surface area contributed by atoms with Crippen LogP contribution in [0, 0.1) is 0 Å². The molecule has 3 rings (SSSR count). The molecule has 104 valence electrons. The zero-order chi connectivity index (χ0) is 13.8.